The zero-order valence-electron chi connectivity index (χ0n) is 14.7. The van der Waals surface area contributed by atoms with E-state index in [0.717, 1.165) is 13.0 Å². The number of benzene rings is 1. The topological polar surface area (TPSA) is 92.4 Å². The van der Waals surface area contributed by atoms with E-state index in [9.17, 15) is 9.59 Å². The number of hydrogen-bond donors (Lipinski definition) is 3. The number of rotatable bonds is 5. The summed E-state index contributed by atoms with van der Waals surface area (Å²) in [6, 6.07) is 10.4. The Morgan fingerprint density at radius 1 is 1.22 bits per heavy atom. The van der Waals surface area contributed by atoms with Crippen LogP contribution >= 0.6 is 24.8 Å². The summed E-state index contributed by atoms with van der Waals surface area (Å²) in [7, 11) is 1.54. The van der Waals surface area contributed by atoms with Gasteiger partial charge in [-0.15, -0.1) is 24.8 Å². The van der Waals surface area contributed by atoms with Crippen molar-refractivity contribution in [2.45, 2.75) is 6.42 Å². The summed E-state index contributed by atoms with van der Waals surface area (Å²) in [4.78, 5) is 28.0. The van der Waals surface area contributed by atoms with E-state index in [1.165, 1.54) is 6.20 Å². The fraction of sp³-hybridized carbons (Fsp3) is 0.278. The number of amides is 2. The molecule has 1 aliphatic rings. The van der Waals surface area contributed by atoms with E-state index in [0.29, 0.717) is 23.7 Å². The van der Waals surface area contributed by atoms with Gasteiger partial charge >= 0.3 is 0 Å². The third-order valence-corrected chi connectivity index (χ3v) is 3.99. The van der Waals surface area contributed by atoms with Crippen molar-refractivity contribution in [3.05, 3.63) is 48.3 Å². The molecule has 1 saturated heterocycles. The number of para-hydroxylation sites is 2. The average molecular weight is 413 g/mol. The smallest absolute Gasteiger partial charge is 0.269 e. The first-order valence-electron chi connectivity index (χ1n) is 8.14. The molecule has 1 fully saturated rings. The van der Waals surface area contributed by atoms with Crippen molar-refractivity contribution < 1.29 is 14.3 Å². The molecule has 1 aromatic carbocycles. The van der Waals surface area contributed by atoms with Crippen LogP contribution in [0.2, 0.25) is 0 Å². The number of halogens is 2. The number of nitrogens with one attached hydrogen (secondary N) is 3. The Balaban J connectivity index is 0.00000182. The predicted octanol–water partition coefficient (Wildman–Crippen LogP) is 2.63. The van der Waals surface area contributed by atoms with Gasteiger partial charge in [0.05, 0.1) is 11.6 Å². The van der Waals surface area contributed by atoms with Crippen molar-refractivity contribution >= 4 is 42.3 Å². The van der Waals surface area contributed by atoms with Crippen molar-refractivity contribution in [3.8, 4) is 11.5 Å². The normalized spacial score (nSPS) is 15.1. The molecule has 7 nitrogen and oxygen atoms in total. The SMILES string of the molecule is CNC(=O)c1cc(Oc2ccccc2NC(=O)C2CCNC2)ccn1.Cl.Cl. The highest BCUT2D eigenvalue weighted by atomic mass is 35.5. The number of anilines is 1. The van der Waals surface area contributed by atoms with Gasteiger partial charge in [-0.05, 0) is 31.2 Å². The molecular weight excluding hydrogens is 391 g/mol. The molecule has 1 unspecified atom stereocenters. The highest BCUT2D eigenvalue weighted by molar-refractivity contribution is 5.94. The maximum Gasteiger partial charge on any atom is 0.269 e. The van der Waals surface area contributed by atoms with E-state index in [4.69, 9.17) is 4.74 Å². The van der Waals surface area contributed by atoms with Gasteiger partial charge in [-0.25, -0.2) is 0 Å². The number of aromatic nitrogens is 1. The third-order valence-electron chi connectivity index (χ3n) is 3.99. The first kappa shape index (κ1) is 22.7. The molecule has 1 aromatic heterocycles. The van der Waals surface area contributed by atoms with Crippen LogP contribution in [0.4, 0.5) is 5.69 Å². The number of hydrogen-bond acceptors (Lipinski definition) is 5. The van der Waals surface area contributed by atoms with Crippen LogP contribution in [0.15, 0.2) is 42.6 Å². The summed E-state index contributed by atoms with van der Waals surface area (Å²) in [5.41, 5.74) is 0.858. The largest absolute Gasteiger partial charge is 0.455 e. The van der Waals surface area contributed by atoms with Crippen LogP contribution in [0, 0.1) is 5.92 Å². The molecule has 2 amide bonds. The number of carbonyl (C=O) groups excluding carboxylic acids is 2. The fourth-order valence-corrected chi connectivity index (χ4v) is 2.63. The quantitative estimate of drug-likeness (QED) is 0.701. The van der Waals surface area contributed by atoms with Crippen LogP contribution in [0.1, 0.15) is 16.9 Å². The van der Waals surface area contributed by atoms with E-state index >= 15 is 0 Å². The van der Waals surface area contributed by atoms with E-state index in [-0.39, 0.29) is 48.2 Å². The molecule has 0 spiro atoms. The second-order valence-electron chi connectivity index (χ2n) is 5.73. The lowest BCUT2D eigenvalue weighted by molar-refractivity contribution is -0.119. The molecule has 146 valence electrons. The first-order chi connectivity index (χ1) is 12.2. The predicted molar refractivity (Wildman–Crippen MR) is 108 cm³/mol. The van der Waals surface area contributed by atoms with Crippen LogP contribution in [0.5, 0.6) is 11.5 Å². The van der Waals surface area contributed by atoms with Gasteiger partial charge in [-0.3, -0.25) is 14.6 Å². The van der Waals surface area contributed by atoms with Crippen molar-refractivity contribution in [2.24, 2.45) is 5.92 Å². The van der Waals surface area contributed by atoms with Crippen molar-refractivity contribution in [1.29, 1.82) is 0 Å². The van der Waals surface area contributed by atoms with Gasteiger partial charge in [0.2, 0.25) is 5.91 Å². The molecule has 3 N–H and O–H groups in total. The summed E-state index contributed by atoms with van der Waals surface area (Å²) < 4.78 is 5.86. The minimum Gasteiger partial charge on any atom is -0.455 e. The van der Waals surface area contributed by atoms with Gasteiger partial charge in [-0.2, -0.15) is 0 Å². The van der Waals surface area contributed by atoms with Gasteiger partial charge in [-0.1, -0.05) is 12.1 Å². The summed E-state index contributed by atoms with van der Waals surface area (Å²) >= 11 is 0. The average Bonchev–Trinajstić information content (AvgIpc) is 3.18. The zero-order chi connectivity index (χ0) is 17.6. The molecule has 0 saturated carbocycles. The fourth-order valence-electron chi connectivity index (χ4n) is 2.63. The third kappa shape index (κ3) is 5.82. The van der Waals surface area contributed by atoms with Gasteiger partial charge in [0.15, 0.2) is 5.75 Å². The van der Waals surface area contributed by atoms with E-state index in [1.807, 2.05) is 12.1 Å². The molecule has 2 aromatic rings. The molecular formula is C18H22Cl2N4O3. The number of pyridine rings is 1. The molecule has 1 aliphatic heterocycles. The summed E-state index contributed by atoms with van der Waals surface area (Å²) in [5.74, 6) is 0.630. The zero-order valence-corrected chi connectivity index (χ0v) is 16.4. The minimum absolute atomic E-state index is 0. The Morgan fingerprint density at radius 3 is 2.70 bits per heavy atom. The lowest BCUT2D eigenvalue weighted by Crippen LogP contribution is -2.24. The van der Waals surface area contributed by atoms with Gasteiger partial charge in [0.1, 0.15) is 11.4 Å². The Bertz CT molecular complexity index is 783. The van der Waals surface area contributed by atoms with Crippen molar-refractivity contribution in [2.75, 3.05) is 25.5 Å². The minimum atomic E-state index is -0.291. The molecule has 0 aliphatic carbocycles. The standard InChI is InChI=1S/C18H20N4O3.2ClH/c1-19-18(24)15-10-13(7-9-21-15)25-16-5-3-2-4-14(16)22-17(23)12-6-8-20-11-12;;/h2-5,7,9-10,12,20H,6,8,11H2,1H3,(H,19,24)(H,22,23);2*1H. The number of carbonyl (C=O) groups is 2. The molecule has 1 atom stereocenters. The first-order valence-corrected chi connectivity index (χ1v) is 8.14. The molecule has 0 radical (unpaired) electrons. The Morgan fingerprint density at radius 2 is 2.00 bits per heavy atom. The van der Waals surface area contributed by atoms with Gasteiger partial charge in [0.25, 0.3) is 5.91 Å². The van der Waals surface area contributed by atoms with Gasteiger partial charge in [0, 0.05) is 25.9 Å². The second kappa shape index (κ2) is 10.7. The van der Waals surface area contributed by atoms with E-state index in [1.54, 1.807) is 31.3 Å². The lowest BCUT2D eigenvalue weighted by atomic mass is 10.1. The van der Waals surface area contributed by atoms with E-state index in [2.05, 4.69) is 20.9 Å². The molecule has 27 heavy (non-hydrogen) atoms. The highest BCUT2D eigenvalue weighted by Gasteiger charge is 2.23. The lowest BCUT2D eigenvalue weighted by Gasteiger charge is -2.14. The van der Waals surface area contributed by atoms with Crippen molar-refractivity contribution in [3.63, 3.8) is 0 Å². The molecule has 0 bridgehead atoms. The molecule has 2 heterocycles. The molecule has 9 heteroatoms. The van der Waals surface area contributed by atoms with Crippen LogP contribution in [-0.2, 0) is 4.79 Å². The Hall–Kier alpha value is -2.35. The van der Waals surface area contributed by atoms with Crippen LogP contribution in [0.25, 0.3) is 0 Å². The monoisotopic (exact) mass is 412 g/mol. The van der Waals surface area contributed by atoms with E-state index < -0.39 is 0 Å². The van der Waals surface area contributed by atoms with Crippen molar-refractivity contribution in [1.82, 2.24) is 15.6 Å². The van der Waals surface area contributed by atoms with Crippen LogP contribution in [0.3, 0.4) is 0 Å². The summed E-state index contributed by atoms with van der Waals surface area (Å²) in [5, 5.41) is 8.62. The van der Waals surface area contributed by atoms with Crippen LogP contribution < -0.4 is 20.7 Å². The highest BCUT2D eigenvalue weighted by Crippen LogP contribution is 2.30. The molecule has 3 rings (SSSR count). The Kier molecular flexibility index (Phi) is 9.00. The Labute approximate surface area is 170 Å². The second-order valence-corrected chi connectivity index (χ2v) is 5.73. The summed E-state index contributed by atoms with van der Waals surface area (Å²) in [6.07, 6.45) is 2.33. The van der Waals surface area contributed by atoms with Gasteiger partial charge < -0.3 is 20.7 Å². The maximum atomic E-state index is 12.3. The van der Waals surface area contributed by atoms with Crippen LogP contribution in [-0.4, -0.2) is 36.9 Å². The number of ether oxygens (including phenoxy) is 1. The maximum absolute atomic E-state index is 12.3. The summed E-state index contributed by atoms with van der Waals surface area (Å²) in [6.45, 7) is 1.55. The number of nitrogens with zero attached hydrogens (tertiary/aromatic N) is 1.